The van der Waals surface area contributed by atoms with Crippen LogP contribution in [-0.2, 0) is 9.53 Å². The van der Waals surface area contributed by atoms with E-state index in [9.17, 15) is 10.1 Å². The molecule has 0 aliphatic heterocycles. The molecular formula is C18H21N3O3S2. The summed E-state index contributed by atoms with van der Waals surface area (Å²) in [6.45, 7) is 1.46. The first-order valence-corrected chi connectivity index (χ1v) is 9.63. The topological polar surface area (TPSA) is 85.6 Å². The van der Waals surface area contributed by atoms with Crippen LogP contribution in [0.1, 0.15) is 4.88 Å². The molecule has 2 aromatic heterocycles. The van der Waals surface area contributed by atoms with Gasteiger partial charge in [0.25, 0.3) is 5.91 Å². The molecular weight excluding hydrogens is 370 g/mol. The maximum absolute atomic E-state index is 12.0. The predicted octanol–water partition coefficient (Wildman–Crippen LogP) is 2.57. The average Bonchev–Trinajstić information content (AvgIpc) is 3.29. The summed E-state index contributed by atoms with van der Waals surface area (Å²) in [5.41, 5.74) is 0.0732. The summed E-state index contributed by atoms with van der Waals surface area (Å²) in [5.74, 6) is -0.400. The maximum atomic E-state index is 12.0. The normalized spacial score (nSPS) is 11.2. The number of carbonyl (C=O) groups is 1. The Balaban J connectivity index is 2.11. The zero-order chi connectivity index (χ0) is 18.9. The second kappa shape index (κ2) is 10.1. The van der Waals surface area contributed by atoms with Gasteiger partial charge in [0.05, 0.1) is 18.2 Å². The van der Waals surface area contributed by atoms with Gasteiger partial charge in [-0.05, 0) is 30.3 Å². The van der Waals surface area contributed by atoms with Crippen LogP contribution in [0.3, 0.4) is 0 Å². The lowest BCUT2D eigenvalue weighted by Gasteiger charge is -2.14. The minimum Gasteiger partial charge on any atom is -0.395 e. The number of aliphatic hydroxyl groups excluding tert-OH is 1. The largest absolute Gasteiger partial charge is 0.395 e. The molecule has 138 valence electrons. The molecule has 0 bridgehead atoms. The number of likely N-dealkylation sites (N-methyl/N-ethyl adjacent to an activating group) is 1. The van der Waals surface area contributed by atoms with Gasteiger partial charge in [0.2, 0.25) is 0 Å². The molecule has 2 heterocycles. The Morgan fingerprint density at radius 2 is 2.08 bits per heavy atom. The van der Waals surface area contributed by atoms with Crippen LogP contribution in [0.5, 0.6) is 0 Å². The van der Waals surface area contributed by atoms with Gasteiger partial charge in [-0.15, -0.1) is 22.7 Å². The van der Waals surface area contributed by atoms with Gasteiger partial charge in [0.15, 0.2) is 0 Å². The second-order valence-electron chi connectivity index (χ2n) is 5.40. The second-order valence-corrected chi connectivity index (χ2v) is 7.58. The number of hydrogen-bond acceptors (Lipinski definition) is 7. The van der Waals surface area contributed by atoms with Crippen molar-refractivity contribution in [1.29, 1.82) is 5.26 Å². The first-order chi connectivity index (χ1) is 12.6. The van der Waals surface area contributed by atoms with Crippen molar-refractivity contribution in [3.63, 3.8) is 0 Å². The third-order valence-electron chi connectivity index (χ3n) is 3.52. The summed E-state index contributed by atoms with van der Waals surface area (Å²) >= 11 is 3.16. The fraction of sp³-hybridized carbons (Fsp3) is 0.333. The average molecular weight is 392 g/mol. The van der Waals surface area contributed by atoms with E-state index < -0.39 is 5.91 Å². The fourth-order valence-corrected chi connectivity index (χ4v) is 4.18. The number of nitrogens with one attached hydrogen (secondary N) is 1. The Morgan fingerprint density at radius 3 is 2.77 bits per heavy atom. The minimum atomic E-state index is -0.400. The zero-order valence-corrected chi connectivity index (χ0v) is 16.3. The highest BCUT2D eigenvalue weighted by molar-refractivity contribution is 7.24. The van der Waals surface area contributed by atoms with Gasteiger partial charge in [0, 0.05) is 41.9 Å². The van der Waals surface area contributed by atoms with E-state index in [1.165, 1.54) is 11.3 Å². The summed E-state index contributed by atoms with van der Waals surface area (Å²) < 4.78 is 4.88. The van der Waals surface area contributed by atoms with Crippen LogP contribution in [0.2, 0.25) is 0 Å². The van der Waals surface area contributed by atoms with Crippen molar-refractivity contribution < 1.29 is 14.6 Å². The molecule has 0 aliphatic rings. The quantitative estimate of drug-likeness (QED) is 0.390. The maximum Gasteiger partial charge on any atom is 0.262 e. The third kappa shape index (κ3) is 5.41. The summed E-state index contributed by atoms with van der Waals surface area (Å²) in [5, 5.41) is 22.0. The van der Waals surface area contributed by atoms with E-state index in [0.717, 1.165) is 19.6 Å². The molecule has 0 aliphatic carbocycles. The molecule has 6 nitrogen and oxygen atoms in total. The lowest BCUT2D eigenvalue weighted by Crippen LogP contribution is -2.27. The van der Waals surface area contributed by atoms with E-state index in [2.05, 4.69) is 5.32 Å². The molecule has 1 amide bonds. The number of carbonyl (C=O) groups excluding carboxylic acids is 1. The molecule has 0 unspecified atom stereocenters. The highest BCUT2D eigenvalue weighted by atomic mass is 32.1. The monoisotopic (exact) mass is 391 g/mol. The minimum absolute atomic E-state index is 0.0732. The van der Waals surface area contributed by atoms with Crippen molar-refractivity contribution in [3.8, 4) is 15.8 Å². The molecule has 0 saturated heterocycles. The van der Waals surface area contributed by atoms with Crippen LogP contribution in [0.25, 0.3) is 15.8 Å². The highest BCUT2D eigenvalue weighted by Gasteiger charge is 2.11. The van der Waals surface area contributed by atoms with Gasteiger partial charge in [-0.25, -0.2) is 0 Å². The lowest BCUT2D eigenvalue weighted by molar-refractivity contribution is -0.117. The van der Waals surface area contributed by atoms with E-state index >= 15 is 0 Å². The third-order valence-corrected chi connectivity index (χ3v) is 5.94. The Morgan fingerprint density at radius 1 is 1.35 bits per heavy atom. The number of nitriles is 1. The van der Waals surface area contributed by atoms with Crippen LogP contribution < -0.4 is 10.2 Å². The smallest absolute Gasteiger partial charge is 0.262 e. The summed E-state index contributed by atoms with van der Waals surface area (Å²) in [6, 6.07) is 9.89. The number of methoxy groups -OCH3 is 1. The standard InChI is InChI=1S/C18H21N3O3S2/c1-21(8-9-22)17-6-5-16(26-17)15-4-3-14(25-15)11-13(12-19)18(23)20-7-10-24-2/h3-6,11,22H,7-10H2,1-2H3,(H,20,23)/b13-11+. The number of rotatable bonds is 9. The van der Waals surface area contributed by atoms with Crippen LogP contribution in [0.4, 0.5) is 5.00 Å². The SMILES string of the molecule is COCCNC(=O)/C(C#N)=C/c1ccc(-c2ccc(N(C)CCO)s2)s1. The lowest BCUT2D eigenvalue weighted by atomic mass is 10.2. The van der Waals surface area contributed by atoms with Crippen molar-refractivity contribution in [3.05, 3.63) is 34.7 Å². The molecule has 8 heteroatoms. The number of hydrogen-bond donors (Lipinski definition) is 2. The number of ether oxygens (including phenoxy) is 1. The summed E-state index contributed by atoms with van der Waals surface area (Å²) in [4.78, 5) is 17.0. The van der Waals surface area contributed by atoms with Crippen molar-refractivity contribution >= 4 is 39.7 Å². The highest BCUT2D eigenvalue weighted by Crippen LogP contribution is 2.37. The Kier molecular flexibility index (Phi) is 7.81. The van der Waals surface area contributed by atoms with E-state index in [4.69, 9.17) is 9.84 Å². The van der Waals surface area contributed by atoms with Crippen LogP contribution in [-0.4, -0.2) is 51.5 Å². The van der Waals surface area contributed by atoms with Crippen molar-refractivity contribution in [2.75, 3.05) is 45.4 Å². The van der Waals surface area contributed by atoms with Crippen molar-refractivity contribution in [1.82, 2.24) is 5.32 Å². The zero-order valence-electron chi connectivity index (χ0n) is 14.7. The first kappa shape index (κ1) is 20.1. The molecule has 0 saturated carbocycles. The van der Waals surface area contributed by atoms with E-state index in [0.29, 0.717) is 19.7 Å². The summed E-state index contributed by atoms with van der Waals surface area (Å²) in [7, 11) is 3.49. The molecule has 0 aromatic carbocycles. The molecule has 0 radical (unpaired) electrons. The van der Waals surface area contributed by atoms with Gasteiger partial charge in [-0.1, -0.05) is 0 Å². The molecule has 0 atom stereocenters. The number of nitrogens with zero attached hydrogens (tertiary/aromatic N) is 2. The van der Waals surface area contributed by atoms with Crippen LogP contribution in [0, 0.1) is 11.3 Å². The van der Waals surface area contributed by atoms with Gasteiger partial charge >= 0.3 is 0 Å². The number of aliphatic hydroxyl groups is 1. The molecule has 0 fully saturated rings. The van der Waals surface area contributed by atoms with E-state index in [1.807, 2.05) is 42.3 Å². The van der Waals surface area contributed by atoms with E-state index in [1.54, 1.807) is 24.5 Å². The van der Waals surface area contributed by atoms with Gasteiger partial charge < -0.3 is 20.1 Å². The van der Waals surface area contributed by atoms with Gasteiger partial charge in [-0.3, -0.25) is 4.79 Å². The molecule has 2 N–H and O–H groups in total. The van der Waals surface area contributed by atoms with Crippen LogP contribution >= 0.6 is 22.7 Å². The predicted molar refractivity (Wildman–Crippen MR) is 106 cm³/mol. The molecule has 26 heavy (non-hydrogen) atoms. The van der Waals surface area contributed by atoms with Crippen molar-refractivity contribution in [2.45, 2.75) is 0 Å². The van der Waals surface area contributed by atoms with Gasteiger partial charge in [0.1, 0.15) is 11.6 Å². The van der Waals surface area contributed by atoms with Crippen molar-refractivity contribution in [2.24, 2.45) is 0 Å². The summed E-state index contributed by atoms with van der Waals surface area (Å²) in [6.07, 6.45) is 1.60. The van der Waals surface area contributed by atoms with E-state index in [-0.39, 0.29) is 12.2 Å². The van der Waals surface area contributed by atoms with Gasteiger partial charge in [-0.2, -0.15) is 5.26 Å². The Hall–Kier alpha value is -2.18. The Bertz CT molecular complexity index is 805. The number of anilines is 1. The molecule has 2 rings (SSSR count). The molecule has 2 aromatic rings. The fourth-order valence-electron chi connectivity index (χ4n) is 2.14. The molecule has 0 spiro atoms. The Labute approximate surface area is 161 Å². The first-order valence-electron chi connectivity index (χ1n) is 8.00. The number of thiophene rings is 2. The van der Waals surface area contributed by atoms with Crippen LogP contribution in [0.15, 0.2) is 29.8 Å². The number of amides is 1.